The predicted molar refractivity (Wildman–Crippen MR) is 68.0 cm³/mol. The molecule has 0 heterocycles. The van der Waals surface area contributed by atoms with Crippen LogP contribution in [0.25, 0.3) is 0 Å². The number of rotatable bonds is 3. The van der Waals surface area contributed by atoms with Gasteiger partial charge in [-0.15, -0.1) is 0 Å². The fourth-order valence-corrected chi connectivity index (χ4v) is 4.89. The first-order chi connectivity index (χ1) is 8.51. The van der Waals surface area contributed by atoms with Gasteiger partial charge in [-0.2, -0.15) is 0 Å². The van der Waals surface area contributed by atoms with Crippen LogP contribution in [-0.2, 0) is 14.8 Å². The van der Waals surface area contributed by atoms with Crippen molar-refractivity contribution in [1.29, 1.82) is 0 Å². The second kappa shape index (κ2) is 7.04. The molecule has 2 unspecified atom stereocenters. The van der Waals surface area contributed by atoms with Crippen LogP contribution in [0.15, 0.2) is 59.5 Å². The van der Waals surface area contributed by atoms with E-state index in [9.17, 15) is 16.6 Å². The topological polar surface area (TPSA) is 77.4 Å². The van der Waals surface area contributed by atoms with Crippen LogP contribution in [0.1, 0.15) is 0 Å². The van der Waals surface area contributed by atoms with Crippen molar-refractivity contribution in [3.05, 3.63) is 54.6 Å². The van der Waals surface area contributed by atoms with Crippen LogP contribution in [-0.4, -0.2) is 26.7 Å². The van der Waals surface area contributed by atoms with Gasteiger partial charge in [-0.1, -0.05) is 0 Å². The zero-order valence-corrected chi connectivity index (χ0v) is 14.9. The molecule has 0 saturated carbocycles. The van der Waals surface area contributed by atoms with E-state index in [0.717, 1.165) is 0 Å². The number of benzene rings is 2. The van der Waals surface area contributed by atoms with E-state index in [0.29, 0.717) is 4.35 Å². The van der Waals surface area contributed by atoms with E-state index in [1.54, 1.807) is 30.3 Å². The molecule has 1 N–H and O–H groups in total. The first kappa shape index (κ1) is 16.9. The van der Waals surface area contributed by atoms with Gasteiger partial charge >= 0.3 is 139 Å². The maximum Gasteiger partial charge on any atom is 1.00 e. The Kier molecular flexibility index (Phi) is 6.27. The van der Waals surface area contributed by atoms with Crippen molar-refractivity contribution in [2.45, 2.75) is 4.90 Å². The monoisotopic (exact) mass is 348 g/mol. The molecular formula is C12H10AsNaO4S. The van der Waals surface area contributed by atoms with E-state index < -0.39 is 24.9 Å². The van der Waals surface area contributed by atoms with Gasteiger partial charge in [0.05, 0.1) is 0 Å². The quantitative estimate of drug-likeness (QED) is 0.471. The Bertz CT molecular complexity index is 615. The second-order valence-corrected chi connectivity index (χ2v) is 9.16. The second-order valence-electron chi connectivity index (χ2n) is 3.64. The van der Waals surface area contributed by atoms with Crippen molar-refractivity contribution in [3.8, 4) is 0 Å². The summed E-state index contributed by atoms with van der Waals surface area (Å²) in [5, 5.41) is 0. The van der Waals surface area contributed by atoms with Crippen LogP contribution in [0, 0.1) is 0 Å². The molecule has 94 valence electrons. The fourth-order valence-electron chi connectivity index (χ4n) is 1.54. The number of hydrogen-bond donors (Lipinski definition) is 1. The zero-order valence-electron chi connectivity index (χ0n) is 10.2. The molecule has 0 aliphatic rings. The van der Waals surface area contributed by atoms with Crippen molar-refractivity contribution in [2.24, 2.45) is 0 Å². The molecule has 19 heavy (non-hydrogen) atoms. The predicted octanol–water partition coefficient (Wildman–Crippen LogP) is -3.09. The van der Waals surface area contributed by atoms with E-state index in [1.165, 1.54) is 24.3 Å². The van der Waals surface area contributed by atoms with Gasteiger partial charge < -0.3 is 0 Å². The molecule has 4 nitrogen and oxygen atoms in total. The summed E-state index contributed by atoms with van der Waals surface area (Å²) in [6.07, 6.45) is 0. The minimum atomic E-state index is -4.34. The largest absolute Gasteiger partial charge is 1.00 e. The Hall–Kier alpha value is -0.132. The third kappa shape index (κ3) is 3.92. The molecule has 0 aliphatic carbocycles. The SMILES string of the molecule is O=S([O-])c1ccc([As](=O)(O)c2ccccc2)cc1.[Na+]. The summed E-state index contributed by atoms with van der Waals surface area (Å²) in [7, 11) is 0. The molecule has 0 aromatic heterocycles. The van der Waals surface area contributed by atoms with Crippen molar-refractivity contribution in [3.63, 3.8) is 0 Å². The Morgan fingerprint density at radius 3 is 1.89 bits per heavy atom. The summed E-state index contributed by atoms with van der Waals surface area (Å²) >= 11 is -6.66. The molecule has 0 radical (unpaired) electrons. The number of hydrogen-bond acceptors (Lipinski definition) is 3. The van der Waals surface area contributed by atoms with Crippen molar-refractivity contribution in [2.75, 3.05) is 0 Å². The summed E-state index contributed by atoms with van der Waals surface area (Å²) < 4.78 is 44.6. The third-order valence-electron chi connectivity index (χ3n) is 2.49. The molecule has 0 spiro atoms. The molecule has 0 bridgehead atoms. The van der Waals surface area contributed by atoms with E-state index in [1.807, 2.05) is 0 Å². The Labute approximate surface area is 138 Å². The van der Waals surface area contributed by atoms with Crippen molar-refractivity contribution < 1.29 is 46.2 Å². The van der Waals surface area contributed by atoms with Crippen LogP contribution in [0.4, 0.5) is 0 Å². The van der Waals surface area contributed by atoms with E-state index in [2.05, 4.69) is 0 Å². The average molecular weight is 348 g/mol. The zero-order chi connectivity index (χ0) is 13.2. The summed E-state index contributed by atoms with van der Waals surface area (Å²) in [6, 6.07) is 13.8. The van der Waals surface area contributed by atoms with Gasteiger partial charge in [-0.05, 0) is 0 Å². The maximum atomic E-state index is 12.4. The van der Waals surface area contributed by atoms with Gasteiger partial charge in [-0.3, -0.25) is 0 Å². The first-order valence-electron chi connectivity index (χ1n) is 5.10. The van der Waals surface area contributed by atoms with E-state index >= 15 is 0 Å². The van der Waals surface area contributed by atoms with E-state index in [-0.39, 0.29) is 38.8 Å². The van der Waals surface area contributed by atoms with Crippen LogP contribution in [0.3, 0.4) is 0 Å². The Morgan fingerprint density at radius 2 is 1.42 bits per heavy atom. The molecular weight excluding hydrogens is 338 g/mol. The molecule has 7 heteroatoms. The van der Waals surface area contributed by atoms with Crippen LogP contribution >= 0.6 is 0 Å². The fraction of sp³-hybridized carbons (Fsp3) is 0. The van der Waals surface area contributed by atoms with Crippen molar-refractivity contribution in [1.82, 2.24) is 0 Å². The average Bonchev–Trinajstić information content (AvgIpc) is 2.40. The van der Waals surface area contributed by atoms with E-state index in [4.69, 9.17) is 0 Å². The minimum absolute atomic E-state index is 0. The third-order valence-corrected chi connectivity index (χ3v) is 7.33. The summed E-state index contributed by atoms with van der Waals surface area (Å²) in [5.74, 6) is 0. The van der Waals surface area contributed by atoms with Crippen LogP contribution in [0.2, 0.25) is 0 Å². The molecule has 2 atom stereocenters. The van der Waals surface area contributed by atoms with Gasteiger partial charge in [0, 0.05) is 0 Å². The standard InChI is InChI=1S/C12H11AsO4S.Na/c14-13(15,10-4-2-1-3-5-10)11-6-8-12(9-7-11)18(16)17;/h1-9H,(H,14,15)(H,16,17);/q;+1/p-1. The molecule has 0 saturated heterocycles. The molecule has 2 aromatic rings. The molecule has 0 aliphatic heterocycles. The molecule has 0 amide bonds. The minimum Gasteiger partial charge on any atom is 1.00 e. The Morgan fingerprint density at radius 1 is 0.947 bits per heavy atom. The van der Waals surface area contributed by atoms with Crippen LogP contribution < -0.4 is 38.3 Å². The van der Waals surface area contributed by atoms with Gasteiger partial charge in [0.2, 0.25) is 0 Å². The van der Waals surface area contributed by atoms with Crippen LogP contribution in [0.5, 0.6) is 0 Å². The van der Waals surface area contributed by atoms with Gasteiger partial charge in [-0.25, -0.2) is 0 Å². The summed E-state index contributed by atoms with van der Waals surface area (Å²) in [4.78, 5) is 0.0994. The van der Waals surface area contributed by atoms with Gasteiger partial charge in [0.25, 0.3) is 0 Å². The van der Waals surface area contributed by atoms with Gasteiger partial charge in [0.15, 0.2) is 0 Å². The smallest absolute Gasteiger partial charge is 1.00 e. The molecule has 2 aromatic carbocycles. The molecule has 0 fully saturated rings. The van der Waals surface area contributed by atoms with Gasteiger partial charge in [0.1, 0.15) is 0 Å². The molecule has 2 rings (SSSR count). The van der Waals surface area contributed by atoms with Crippen molar-refractivity contribution >= 4 is 33.6 Å². The Balaban J connectivity index is 0.00000180. The normalized spacial score (nSPS) is 15.1. The maximum absolute atomic E-state index is 12.4. The summed E-state index contributed by atoms with van der Waals surface area (Å²) in [5.41, 5.74) is 0. The first-order valence-corrected chi connectivity index (χ1v) is 9.66. The summed E-state index contributed by atoms with van der Waals surface area (Å²) in [6.45, 7) is 0.